The van der Waals surface area contributed by atoms with Gasteiger partial charge in [0.25, 0.3) is 0 Å². The van der Waals surface area contributed by atoms with Gasteiger partial charge < -0.3 is 65.1 Å². The fourth-order valence-electron chi connectivity index (χ4n) is 15.3. The van der Waals surface area contributed by atoms with Crippen molar-refractivity contribution in [3.63, 3.8) is 0 Å². The van der Waals surface area contributed by atoms with Crippen molar-refractivity contribution in [1.82, 2.24) is 5.32 Å². The zero-order valence-corrected chi connectivity index (χ0v) is 67.4. The average molecular weight is 1460 g/mol. The molecule has 12 atom stereocenters. The van der Waals surface area contributed by atoms with E-state index in [0.29, 0.717) is 12.8 Å². The molecule has 610 valence electrons. The smallest absolute Gasteiger partial charge is 0.220 e. The van der Waals surface area contributed by atoms with Crippen molar-refractivity contribution >= 4 is 5.91 Å². The summed E-state index contributed by atoms with van der Waals surface area (Å²) in [6, 6.07) is -0.828. The van der Waals surface area contributed by atoms with Crippen LogP contribution in [-0.2, 0) is 23.7 Å². The first-order chi connectivity index (χ1) is 50.6. The van der Waals surface area contributed by atoms with Crippen LogP contribution in [0.4, 0.5) is 0 Å². The molecular formula is C89H171NO13. The Kier molecular flexibility index (Phi) is 69.4. The lowest BCUT2D eigenvalue weighted by Gasteiger charge is -2.46. The number of carbonyl (C=O) groups excluding carboxylic acids is 1. The lowest BCUT2D eigenvalue weighted by atomic mass is 9.97. The fraction of sp³-hybridized carbons (Fsp3) is 0.944. The first-order valence-electron chi connectivity index (χ1n) is 45.1. The molecule has 1 amide bonds. The van der Waals surface area contributed by atoms with E-state index in [1.54, 1.807) is 0 Å². The Morgan fingerprint density at radius 3 is 0.971 bits per heavy atom. The average Bonchev–Trinajstić information content (AvgIpc) is 0.791. The summed E-state index contributed by atoms with van der Waals surface area (Å²) in [6.45, 7) is 2.94. The van der Waals surface area contributed by atoms with Crippen LogP contribution in [0.3, 0.4) is 0 Å². The maximum atomic E-state index is 13.4. The summed E-state index contributed by atoms with van der Waals surface area (Å²) in [7, 11) is 0. The third-order valence-corrected chi connectivity index (χ3v) is 22.4. The third kappa shape index (κ3) is 55.5. The van der Waals surface area contributed by atoms with Crippen molar-refractivity contribution in [2.75, 3.05) is 19.8 Å². The number of rotatable bonds is 78. The van der Waals surface area contributed by atoms with E-state index in [1.807, 2.05) is 0 Å². The number of allylic oxidation sites excluding steroid dienone is 4. The maximum Gasteiger partial charge on any atom is 0.220 e. The third-order valence-electron chi connectivity index (χ3n) is 22.4. The maximum absolute atomic E-state index is 13.4. The van der Waals surface area contributed by atoms with Crippen molar-refractivity contribution in [3.05, 3.63) is 24.3 Å². The van der Waals surface area contributed by atoms with Crippen LogP contribution in [0.5, 0.6) is 0 Å². The summed E-state index contributed by atoms with van der Waals surface area (Å²) in [4.78, 5) is 13.4. The minimum atomic E-state index is -1.78. The normalized spacial score (nSPS) is 21.6. The van der Waals surface area contributed by atoms with E-state index in [1.165, 1.54) is 360 Å². The number of ether oxygens (including phenoxy) is 4. The largest absolute Gasteiger partial charge is 0.394 e. The molecular weight excluding hydrogens is 1290 g/mol. The topological polar surface area (TPSA) is 228 Å². The molecule has 0 aromatic rings. The quantitative estimate of drug-likeness (QED) is 0.0204. The Morgan fingerprint density at radius 1 is 0.350 bits per heavy atom. The molecule has 0 aromatic heterocycles. The van der Waals surface area contributed by atoms with Gasteiger partial charge in [-0.15, -0.1) is 0 Å². The Hall–Kier alpha value is -1.53. The molecule has 9 N–H and O–H groups in total. The minimum Gasteiger partial charge on any atom is -0.394 e. The molecule has 0 spiro atoms. The molecule has 0 aliphatic carbocycles. The number of hydrogen-bond donors (Lipinski definition) is 9. The van der Waals surface area contributed by atoms with Crippen molar-refractivity contribution in [3.8, 4) is 0 Å². The fourth-order valence-corrected chi connectivity index (χ4v) is 15.3. The Balaban J connectivity index is 1.54. The van der Waals surface area contributed by atoms with Crippen LogP contribution in [0.2, 0.25) is 0 Å². The lowest BCUT2D eigenvalue weighted by Crippen LogP contribution is -2.65. The van der Waals surface area contributed by atoms with Crippen LogP contribution < -0.4 is 5.32 Å². The number of carbonyl (C=O) groups is 1. The second-order valence-electron chi connectivity index (χ2n) is 32.1. The molecule has 0 saturated carbocycles. The monoisotopic (exact) mass is 1460 g/mol. The number of hydrogen-bond acceptors (Lipinski definition) is 13. The summed E-state index contributed by atoms with van der Waals surface area (Å²) in [5.74, 6) is -0.195. The van der Waals surface area contributed by atoms with Gasteiger partial charge in [-0.3, -0.25) is 4.79 Å². The van der Waals surface area contributed by atoms with Crippen LogP contribution in [0, 0.1) is 0 Å². The molecule has 103 heavy (non-hydrogen) atoms. The first kappa shape index (κ1) is 97.5. The van der Waals surface area contributed by atoms with E-state index in [9.17, 15) is 45.6 Å². The van der Waals surface area contributed by atoms with E-state index >= 15 is 0 Å². The Labute approximate surface area is 634 Å². The summed E-state index contributed by atoms with van der Waals surface area (Å²) >= 11 is 0. The van der Waals surface area contributed by atoms with Gasteiger partial charge in [-0.1, -0.05) is 417 Å². The highest BCUT2D eigenvalue weighted by atomic mass is 16.7. The number of aliphatic hydroxyl groups excluding tert-OH is 8. The van der Waals surface area contributed by atoms with E-state index in [0.717, 1.165) is 57.8 Å². The molecule has 12 unspecified atom stereocenters. The highest BCUT2D eigenvalue weighted by Gasteiger charge is 2.51. The van der Waals surface area contributed by atoms with E-state index in [2.05, 4.69) is 43.5 Å². The Morgan fingerprint density at radius 2 is 0.641 bits per heavy atom. The highest BCUT2D eigenvalue weighted by Crippen LogP contribution is 2.31. The second kappa shape index (κ2) is 73.3. The second-order valence-corrected chi connectivity index (χ2v) is 32.1. The number of unbranched alkanes of at least 4 members (excludes halogenated alkanes) is 61. The predicted molar refractivity (Wildman–Crippen MR) is 429 cm³/mol. The van der Waals surface area contributed by atoms with Gasteiger partial charge >= 0.3 is 0 Å². The van der Waals surface area contributed by atoms with Gasteiger partial charge in [0.15, 0.2) is 12.6 Å². The Bertz CT molecular complexity index is 1820. The minimum absolute atomic E-state index is 0.195. The summed E-state index contributed by atoms with van der Waals surface area (Å²) in [5.41, 5.74) is 0. The zero-order chi connectivity index (χ0) is 74.4. The number of nitrogens with one attached hydrogen (secondary N) is 1. The molecule has 0 radical (unpaired) electrons. The van der Waals surface area contributed by atoms with Crippen molar-refractivity contribution < 1.29 is 64.6 Å². The van der Waals surface area contributed by atoms with Crippen LogP contribution >= 0.6 is 0 Å². The van der Waals surface area contributed by atoms with Crippen molar-refractivity contribution in [2.45, 2.75) is 518 Å². The SMILES string of the molecule is CCCCCCC/C=C\C/C=C\CCCCCCCCCCCCCCCCCCCCCCCCCCCCCC(=O)NC(COC1OC(CO)C(OC2OC(CO)C(O)C(O)C2O)C(O)C1O)C(O)CCCCCCCCCCCCCCCCCCCCCCCCCCCCCCCC. The molecule has 2 aliphatic rings. The van der Waals surface area contributed by atoms with Crippen molar-refractivity contribution in [1.29, 1.82) is 0 Å². The van der Waals surface area contributed by atoms with E-state index in [-0.39, 0.29) is 12.5 Å². The molecule has 2 rings (SSSR count). The molecule has 2 fully saturated rings. The van der Waals surface area contributed by atoms with Crippen molar-refractivity contribution in [2.24, 2.45) is 0 Å². The molecule has 14 heteroatoms. The first-order valence-corrected chi connectivity index (χ1v) is 45.1. The molecule has 0 aromatic carbocycles. The predicted octanol–water partition coefficient (Wildman–Crippen LogP) is 21.8. The molecule has 2 saturated heterocycles. The summed E-state index contributed by atoms with van der Waals surface area (Å²) < 4.78 is 23.0. The molecule has 2 aliphatic heterocycles. The molecule has 0 bridgehead atoms. The molecule has 2 heterocycles. The van der Waals surface area contributed by atoms with Gasteiger partial charge in [0.2, 0.25) is 5.91 Å². The number of amides is 1. The molecule has 14 nitrogen and oxygen atoms in total. The van der Waals surface area contributed by atoms with Gasteiger partial charge in [-0.2, -0.15) is 0 Å². The number of aliphatic hydroxyl groups is 8. The lowest BCUT2D eigenvalue weighted by molar-refractivity contribution is -0.359. The zero-order valence-electron chi connectivity index (χ0n) is 67.4. The van der Waals surface area contributed by atoms with Gasteiger partial charge in [0, 0.05) is 6.42 Å². The van der Waals surface area contributed by atoms with Gasteiger partial charge in [-0.05, 0) is 44.9 Å². The highest BCUT2D eigenvalue weighted by molar-refractivity contribution is 5.76. The van der Waals surface area contributed by atoms with E-state index < -0.39 is 86.8 Å². The van der Waals surface area contributed by atoms with Crippen LogP contribution in [0.1, 0.15) is 444 Å². The van der Waals surface area contributed by atoms with Crippen LogP contribution in [0.25, 0.3) is 0 Å². The van der Waals surface area contributed by atoms with Gasteiger partial charge in [-0.25, -0.2) is 0 Å². The van der Waals surface area contributed by atoms with Gasteiger partial charge in [0.1, 0.15) is 48.8 Å². The van der Waals surface area contributed by atoms with E-state index in [4.69, 9.17) is 18.9 Å². The van der Waals surface area contributed by atoms with Gasteiger partial charge in [0.05, 0.1) is 32.0 Å². The summed E-state index contributed by atoms with van der Waals surface area (Å²) in [6.07, 6.45) is 79.7. The standard InChI is InChI=1S/C89H171NO13/c1-3-5-7-9-11-13-15-17-19-21-23-25-27-29-31-33-35-36-37-38-39-40-41-42-43-45-47-49-51-53-55-57-59-61-63-65-67-69-71-73-81(94)90-77(76-100-88-86(99)84(97)87(80(75-92)102-88)103-89-85(98)83(96)82(95)79(74-91)101-89)78(93)72-70-68-66-64-62-60-58-56-54-52-50-48-46-44-34-32-30-28-26-24-22-20-18-16-14-12-10-8-6-4-2/h15,17,21,23,77-80,82-89,91-93,95-99H,3-14,16,18-20,22,24-76H2,1-2H3,(H,90,94)/b17-15-,23-21-. The van der Waals surface area contributed by atoms with Crippen LogP contribution in [0.15, 0.2) is 24.3 Å². The summed E-state index contributed by atoms with van der Waals surface area (Å²) in [5, 5.41) is 88.0. The van der Waals surface area contributed by atoms with Crippen LogP contribution in [-0.4, -0.2) is 140 Å².